The molecule has 0 aliphatic heterocycles. The van der Waals surface area contributed by atoms with E-state index in [0.717, 1.165) is 6.16 Å². The van der Waals surface area contributed by atoms with Gasteiger partial charge < -0.3 is 0 Å². The second-order valence-electron chi connectivity index (χ2n) is 10.3. The summed E-state index contributed by atoms with van der Waals surface area (Å²) >= 11 is 0. The quantitative estimate of drug-likeness (QED) is 0.116. The van der Waals surface area contributed by atoms with Gasteiger partial charge in [0.15, 0.2) is 0 Å². The van der Waals surface area contributed by atoms with Crippen LogP contribution in [-0.2, 0) is 28.4 Å². The van der Waals surface area contributed by atoms with Crippen molar-refractivity contribution in [3.63, 3.8) is 0 Å². The van der Waals surface area contributed by atoms with Crippen molar-refractivity contribution >= 4 is 17.2 Å². The second kappa shape index (κ2) is 13.9. The summed E-state index contributed by atoms with van der Waals surface area (Å²) in [6.07, 6.45) is 10.6. The molecule has 7 heteroatoms. The molecule has 1 unspecified atom stereocenters. The Bertz CT molecular complexity index is 1090. The van der Waals surface area contributed by atoms with Crippen LogP contribution in [0.15, 0.2) is 85.5 Å². The molecule has 0 saturated heterocycles. The zero-order valence-electron chi connectivity index (χ0n) is 22.9. The predicted octanol–water partition coefficient (Wildman–Crippen LogP) is 7.91. The van der Waals surface area contributed by atoms with Gasteiger partial charge in [-0.3, -0.25) is 0 Å². The average molecular weight is 574 g/mol. The third-order valence-electron chi connectivity index (χ3n) is 7.24. The van der Waals surface area contributed by atoms with E-state index in [0.29, 0.717) is 22.0 Å². The van der Waals surface area contributed by atoms with Crippen molar-refractivity contribution in [1.29, 1.82) is 0 Å². The van der Waals surface area contributed by atoms with Gasteiger partial charge in [-0.2, -0.15) is 35.9 Å². The van der Waals surface area contributed by atoms with E-state index in [1.807, 2.05) is 42.5 Å². The molecule has 0 bridgehead atoms. The normalized spacial score (nSPS) is 12.0. The fourth-order valence-corrected chi connectivity index (χ4v) is 8.90. The maximum absolute atomic E-state index is 4.63. The van der Waals surface area contributed by atoms with E-state index in [1.165, 1.54) is 24.0 Å². The van der Waals surface area contributed by atoms with Crippen molar-refractivity contribution in [2.45, 2.75) is 76.0 Å². The standard InChI is InChI=1S/C25H35N4P2.C5H5.Fe/c1-7-23(3,4)31(24(5,6)8-2)18-19-12-9-13-20(19)25(30,21-26-14-10-15-27-21)22-28-16-11-17-29-22;1-2-4-5-3-1;/h9-17H,7-8,18,30H2,1-6H3;1-5H;/q2*-1;+2. The molecule has 2 heterocycles. The van der Waals surface area contributed by atoms with Crippen LogP contribution in [0.1, 0.15) is 77.2 Å². The van der Waals surface area contributed by atoms with Gasteiger partial charge in [-0.1, -0.05) is 47.7 Å². The summed E-state index contributed by atoms with van der Waals surface area (Å²) in [5, 5.41) is -0.103. The van der Waals surface area contributed by atoms with Gasteiger partial charge in [0, 0.05) is 24.8 Å². The predicted molar refractivity (Wildman–Crippen MR) is 157 cm³/mol. The minimum Gasteiger partial charge on any atom is -0.240 e. The first kappa shape index (κ1) is 31.5. The van der Waals surface area contributed by atoms with Gasteiger partial charge in [0.05, 0.1) is 0 Å². The van der Waals surface area contributed by atoms with Crippen LogP contribution in [0.5, 0.6) is 0 Å². The molecule has 0 radical (unpaired) electrons. The first-order chi connectivity index (χ1) is 17.2. The molecule has 4 nitrogen and oxygen atoms in total. The zero-order valence-corrected chi connectivity index (χ0v) is 26.0. The average Bonchev–Trinajstić information content (AvgIpc) is 3.63. The van der Waals surface area contributed by atoms with Crippen molar-refractivity contribution in [1.82, 2.24) is 19.9 Å². The molecule has 0 amide bonds. The summed E-state index contributed by atoms with van der Waals surface area (Å²) in [5.74, 6) is 1.40. The minimum atomic E-state index is -0.685. The van der Waals surface area contributed by atoms with Crippen LogP contribution in [0.2, 0.25) is 0 Å². The van der Waals surface area contributed by atoms with Gasteiger partial charge in [0.25, 0.3) is 0 Å². The molecule has 0 aliphatic carbocycles. The maximum Gasteiger partial charge on any atom is 2.00 e. The Morgan fingerprint density at radius 3 is 1.59 bits per heavy atom. The van der Waals surface area contributed by atoms with Crippen molar-refractivity contribution in [3.8, 4) is 0 Å². The molecule has 37 heavy (non-hydrogen) atoms. The summed E-state index contributed by atoms with van der Waals surface area (Å²) in [6.45, 7) is 14.4. The topological polar surface area (TPSA) is 51.6 Å². The van der Waals surface area contributed by atoms with E-state index in [1.54, 1.807) is 24.8 Å². The van der Waals surface area contributed by atoms with Gasteiger partial charge in [0.2, 0.25) is 0 Å². The minimum absolute atomic E-state index is 0. The Labute approximate surface area is 237 Å². The monoisotopic (exact) mass is 574 g/mol. The molecule has 0 spiro atoms. The fourth-order valence-electron chi connectivity index (χ4n) is 4.45. The molecule has 2 aromatic carbocycles. The van der Waals surface area contributed by atoms with Crippen LogP contribution in [0.25, 0.3) is 0 Å². The first-order valence-electron chi connectivity index (χ1n) is 12.7. The van der Waals surface area contributed by atoms with Crippen LogP contribution in [0.4, 0.5) is 0 Å². The Morgan fingerprint density at radius 1 is 0.757 bits per heavy atom. The number of rotatable bonds is 9. The van der Waals surface area contributed by atoms with Crippen LogP contribution in [0.3, 0.4) is 0 Å². The van der Waals surface area contributed by atoms with E-state index in [4.69, 9.17) is 0 Å². The fraction of sp³-hybridized carbons (Fsp3) is 0.400. The number of aromatic nitrogens is 4. The Hall–Kier alpha value is -1.76. The maximum atomic E-state index is 4.63. The number of hydrogen-bond donors (Lipinski definition) is 0. The smallest absolute Gasteiger partial charge is 0.240 e. The molecule has 0 aliphatic rings. The van der Waals surface area contributed by atoms with E-state index < -0.39 is 5.16 Å². The molecular weight excluding hydrogens is 534 g/mol. The van der Waals surface area contributed by atoms with Gasteiger partial charge in [-0.25, -0.2) is 38.1 Å². The molecular formula is C30H40FeN4P2. The van der Waals surface area contributed by atoms with Crippen molar-refractivity contribution in [2.24, 2.45) is 0 Å². The molecule has 2 aromatic heterocycles. The first-order valence-corrected chi connectivity index (χ1v) is 14.8. The van der Waals surface area contributed by atoms with Crippen molar-refractivity contribution in [3.05, 3.63) is 108 Å². The van der Waals surface area contributed by atoms with Gasteiger partial charge in [0.1, 0.15) is 16.8 Å². The van der Waals surface area contributed by atoms with Crippen LogP contribution < -0.4 is 0 Å². The van der Waals surface area contributed by atoms with Crippen LogP contribution in [0, 0.1) is 0 Å². The Morgan fingerprint density at radius 2 is 1.22 bits per heavy atom. The molecule has 1 atom stereocenters. The second-order valence-corrected chi connectivity index (χ2v) is 14.8. The zero-order chi connectivity index (χ0) is 26.2. The third kappa shape index (κ3) is 7.42. The van der Waals surface area contributed by atoms with Gasteiger partial charge in [-0.05, 0) is 35.3 Å². The largest absolute Gasteiger partial charge is 2.00 e. The summed E-state index contributed by atoms with van der Waals surface area (Å²) in [7, 11) is 2.70. The molecule has 0 saturated carbocycles. The van der Waals surface area contributed by atoms with Crippen LogP contribution >= 0.6 is 17.2 Å². The summed E-state index contributed by atoms with van der Waals surface area (Å²) in [6, 6.07) is 20.3. The van der Waals surface area contributed by atoms with Gasteiger partial charge in [-0.15, -0.1) is 22.7 Å². The summed E-state index contributed by atoms with van der Waals surface area (Å²) in [5.41, 5.74) is 2.53. The third-order valence-corrected chi connectivity index (χ3v) is 12.3. The van der Waals surface area contributed by atoms with Crippen LogP contribution in [-0.4, -0.2) is 30.2 Å². The Balaban J connectivity index is 0.000000716. The molecule has 0 fully saturated rings. The SMILES string of the molecule is CCC(C)(C)P(Cc1cc[cH-]c1C(P)(c1ncccn1)c1ncccn1)C(C)(C)CC.[Fe+2].c1cc[cH-]c1. The van der Waals surface area contributed by atoms with Crippen molar-refractivity contribution in [2.75, 3.05) is 0 Å². The van der Waals surface area contributed by atoms with Gasteiger partial charge >= 0.3 is 17.1 Å². The number of nitrogens with zero attached hydrogens (tertiary/aromatic N) is 4. The molecule has 198 valence electrons. The van der Waals surface area contributed by atoms with Crippen molar-refractivity contribution < 1.29 is 17.1 Å². The molecule has 4 rings (SSSR count). The van der Waals surface area contributed by atoms with E-state index in [9.17, 15) is 0 Å². The Kier molecular flexibility index (Phi) is 11.8. The van der Waals surface area contributed by atoms with E-state index in [2.05, 4.69) is 88.9 Å². The molecule has 0 N–H and O–H groups in total. The summed E-state index contributed by atoms with van der Waals surface area (Å²) < 4.78 is 0. The molecule has 4 aromatic rings. The van der Waals surface area contributed by atoms with E-state index >= 15 is 0 Å². The number of hydrogen-bond acceptors (Lipinski definition) is 4. The van der Waals surface area contributed by atoms with E-state index in [-0.39, 0.29) is 25.0 Å². The summed E-state index contributed by atoms with van der Waals surface area (Å²) in [4.78, 5) is 18.5.